The molecule has 1 aliphatic heterocycles. The minimum Gasteiger partial charge on any atom is -0.468 e. The van der Waals surface area contributed by atoms with Gasteiger partial charge in [0.2, 0.25) is 5.91 Å². The Morgan fingerprint density at radius 2 is 2.00 bits per heavy atom. The molecule has 0 spiro atoms. The number of aryl methyl sites for hydroxylation is 2. The fourth-order valence-electron chi connectivity index (χ4n) is 4.78. The lowest BCUT2D eigenvalue weighted by atomic mass is 9.92. The van der Waals surface area contributed by atoms with Crippen molar-refractivity contribution in [1.29, 1.82) is 0 Å². The Balaban J connectivity index is 1.26. The van der Waals surface area contributed by atoms with Crippen LogP contribution in [0.2, 0.25) is 0 Å². The van der Waals surface area contributed by atoms with Crippen molar-refractivity contribution in [3.05, 3.63) is 82.1 Å². The van der Waals surface area contributed by atoms with E-state index in [0.29, 0.717) is 61.5 Å². The molecule has 0 bridgehead atoms. The summed E-state index contributed by atoms with van der Waals surface area (Å²) in [7, 11) is 0. The molecule has 0 saturated carbocycles. The summed E-state index contributed by atoms with van der Waals surface area (Å²) < 4.78 is 5.55. The monoisotopic (exact) mass is 489 g/mol. The van der Waals surface area contributed by atoms with Crippen LogP contribution in [0.5, 0.6) is 0 Å². The molecule has 1 aromatic carbocycles. The van der Waals surface area contributed by atoms with Crippen molar-refractivity contribution in [2.45, 2.75) is 50.6 Å². The summed E-state index contributed by atoms with van der Waals surface area (Å²) >= 11 is 1.51. The lowest BCUT2D eigenvalue weighted by Crippen LogP contribution is -2.37. The first-order chi connectivity index (χ1) is 17.0. The number of benzene rings is 1. The zero-order chi connectivity index (χ0) is 24.4. The van der Waals surface area contributed by atoms with Crippen LogP contribution < -0.4 is 5.32 Å². The summed E-state index contributed by atoms with van der Waals surface area (Å²) in [4.78, 5) is 45.5. The number of ketones is 1. The Morgan fingerprint density at radius 1 is 1.17 bits per heavy atom. The molecule has 1 N–H and O–H groups in total. The minimum atomic E-state index is -0.177. The average molecular weight is 490 g/mol. The first-order valence-corrected chi connectivity index (χ1v) is 12.8. The maximum atomic E-state index is 13.3. The molecule has 2 amide bonds. The topological polar surface area (TPSA) is 92.5 Å². The number of Topliss-reactive ketones (excluding diaryl/α,β-unsaturated/α-hetero) is 1. The number of rotatable bonds is 6. The van der Waals surface area contributed by atoms with Crippen LogP contribution in [0.25, 0.3) is 0 Å². The first-order valence-electron chi connectivity index (χ1n) is 11.8. The van der Waals surface area contributed by atoms with Gasteiger partial charge >= 0.3 is 0 Å². The van der Waals surface area contributed by atoms with Crippen LogP contribution in [0.4, 0.5) is 0 Å². The highest BCUT2D eigenvalue weighted by molar-refractivity contribution is 8.00. The molecule has 3 aromatic rings. The van der Waals surface area contributed by atoms with E-state index in [4.69, 9.17) is 4.42 Å². The molecular formula is C27H27N3O4S. The molecular weight excluding hydrogens is 462 g/mol. The van der Waals surface area contributed by atoms with Crippen LogP contribution >= 0.6 is 11.8 Å². The average Bonchev–Trinajstić information content (AvgIpc) is 3.32. The minimum absolute atomic E-state index is 0.0125. The van der Waals surface area contributed by atoms with Gasteiger partial charge in [-0.2, -0.15) is 0 Å². The summed E-state index contributed by atoms with van der Waals surface area (Å²) in [6.45, 7) is 3.31. The highest BCUT2D eigenvalue weighted by Crippen LogP contribution is 2.30. The Kier molecular flexibility index (Phi) is 6.72. The third-order valence-corrected chi connectivity index (χ3v) is 7.65. The van der Waals surface area contributed by atoms with Gasteiger partial charge in [-0.25, -0.2) is 0 Å². The first kappa shape index (κ1) is 23.4. The van der Waals surface area contributed by atoms with E-state index in [1.807, 2.05) is 43.5 Å². The maximum absolute atomic E-state index is 13.3. The molecule has 5 rings (SSSR count). The fraction of sp³-hybridized carbons (Fsp3) is 0.333. The molecule has 0 saturated heterocycles. The second kappa shape index (κ2) is 10.1. The van der Waals surface area contributed by atoms with Gasteiger partial charge < -0.3 is 14.6 Å². The molecule has 180 valence electrons. The van der Waals surface area contributed by atoms with Crippen molar-refractivity contribution in [3.63, 3.8) is 0 Å². The number of pyridine rings is 1. The second-order valence-electron chi connectivity index (χ2n) is 8.91. The van der Waals surface area contributed by atoms with E-state index in [0.717, 1.165) is 33.7 Å². The lowest BCUT2D eigenvalue weighted by Gasteiger charge is -2.30. The van der Waals surface area contributed by atoms with Gasteiger partial charge in [-0.1, -0.05) is 18.2 Å². The van der Waals surface area contributed by atoms with E-state index in [1.54, 1.807) is 4.90 Å². The van der Waals surface area contributed by atoms with Gasteiger partial charge in [-0.05, 0) is 48.6 Å². The Hall–Kier alpha value is -3.39. The van der Waals surface area contributed by atoms with Crippen LogP contribution in [-0.4, -0.2) is 39.8 Å². The van der Waals surface area contributed by atoms with Crippen LogP contribution in [0.1, 0.15) is 61.7 Å². The van der Waals surface area contributed by atoms with E-state index in [9.17, 15) is 14.4 Å². The number of hydrogen-bond donors (Lipinski definition) is 1. The Labute approximate surface area is 208 Å². The van der Waals surface area contributed by atoms with Gasteiger partial charge in [0, 0.05) is 49.3 Å². The summed E-state index contributed by atoms with van der Waals surface area (Å²) in [5.41, 5.74) is 4.85. The molecule has 0 atom stereocenters. The predicted octanol–water partition coefficient (Wildman–Crippen LogP) is 4.11. The third kappa shape index (κ3) is 4.89. The van der Waals surface area contributed by atoms with Crippen LogP contribution in [0.15, 0.2) is 52.1 Å². The number of nitrogens with zero attached hydrogens (tertiary/aromatic N) is 2. The molecule has 8 heteroatoms. The van der Waals surface area contributed by atoms with Crippen molar-refractivity contribution in [2.24, 2.45) is 0 Å². The molecule has 7 nitrogen and oxygen atoms in total. The Bertz CT molecular complexity index is 1290. The zero-order valence-electron chi connectivity index (χ0n) is 19.6. The molecule has 2 aliphatic rings. The van der Waals surface area contributed by atoms with Crippen LogP contribution in [-0.2, 0) is 30.7 Å². The van der Waals surface area contributed by atoms with E-state index < -0.39 is 0 Å². The van der Waals surface area contributed by atoms with Crippen molar-refractivity contribution in [3.8, 4) is 0 Å². The van der Waals surface area contributed by atoms with E-state index >= 15 is 0 Å². The molecule has 0 unspecified atom stereocenters. The standard InChI is InChI=1S/C27H27N3O4S/c1-17-21(13-29-25(32)16-35-19-6-3-2-4-7-19)20-10-11-30(14-18(20)12-28-17)27(33)22-15-34-24-9-5-8-23(31)26(22)24/h2-4,6-7,12,15H,5,8-11,13-14,16H2,1H3,(H,29,32). The second-order valence-corrected chi connectivity index (χ2v) is 9.95. The third-order valence-electron chi connectivity index (χ3n) is 6.64. The fourth-order valence-corrected chi connectivity index (χ4v) is 5.53. The van der Waals surface area contributed by atoms with Crippen molar-refractivity contribution >= 4 is 29.4 Å². The van der Waals surface area contributed by atoms with Gasteiger partial charge in [-0.3, -0.25) is 19.4 Å². The highest BCUT2D eigenvalue weighted by Gasteiger charge is 2.32. The largest absolute Gasteiger partial charge is 0.468 e. The van der Waals surface area contributed by atoms with Crippen LogP contribution in [0.3, 0.4) is 0 Å². The number of aromatic nitrogens is 1. The normalized spacial score (nSPS) is 14.9. The number of nitrogens with one attached hydrogen (secondary N) is 1. The quantitative estimate of drug-likeness (QED) is 0.524. The number of furan rings is 1. The van der Waals surface area contributed by atoms with Crippen molar-refractivity contribution in [1.82, 2.24) is 15.2 Å². The number of fused-ring (bicyclic) bond motifs is 2. The SMILES string of the molecule is Cc1ncc2c(c1CNC(=O)CSc1ccccc1)CCN(C(=O)c1coc3c1C(=O)CCC3)C2. The van der Waals surface area contributed by atoms with Gasteiger partial charge in [-0.15, -0.1) is 11.8 Å². The predicted molar refractivity (Wildman–Crippen MR) is 132 cm³/mol. The van der Waals surface area contributed by atoms with E-state index in [-0.39, 0.29) is 17.6 Å². The molecule has 35 heavy (non-hydrogen) atoms. The van der Waals surface area contributed by atoms with Gasteiger partial charge in [0.25, 0.3) is 5.91 Å². The zero-order valence-corrected chi connectivity index (χ0v) is 20.5. The van der Waals surface area contributed by atoms with Gasteiger partial charge in [0.05, 0.1) is 16.9 Å². The highest BCUT2D eigenvalue weighted by atomic mass is 32.2. The van der Waals surface area contributed by atoms with Gasteiger partial charge in [0.15, 0.2) is 5.78 Å². The summed E-state index contributed by atoms with van der Waals surface area (Å²) in [6.07, 6.45) is 5.84. The van der Waals surface area contributed by atoms with Crippen LogP contribution in [0, 0.1) is 6.92 Å². The number of carbonyl (C=O) groups excluding carboxylic acids is 3. The summed E-state index contributed by atoms with van der Waals surface area (Å²) in [5.74, 6) is 0.757. The number of hydrogen-bond acceptors (Lipinski definition) is 6. The number of carbonyl (C=O) groups is 3. The summed E-state index contributed by atoms with van der Waals surface area (Å²) in [5, 5.41) is 3.03. The molecule has 0 radical (unpaired) electrons. The Morgan fingerprint density at radius 3 is 2.83 bits per heavy atom. The lowest BCUT2D eigenvalue weighted by molar-refractivity contribution is -0.118. The molecule has 0 fully saturated rings. The van der Waals surface area contributed by atoms with E-state index in [2.05, 4.69) is 10.3 Å². The molecule has 3 heterocycles. The van der Waals surface area contributed by atoms with Gasteiger partial charge in [0.1, 0.15) is 12.0 Å². The molecule has 2 aromatic heterocycles. The number of thioether (sulfide) groups is 1. The smallest absolute Gasteiger partial charge is 0.258 e. The number of amides is 2. The van der Waals surface area contributed by atoms with E-state index in [1.165, 1.54) is 18.0 Å². The molecule has 1 aliphatic carbocycles. The maximum Gasteiger partial charge on any atom is 0.258 e. The van der Waals surface area contributed by atoms with Crippen molar-refractivity contribution < 1.29 is 18.8 Å². The van der Waals surface area contributed by atoms with Crippen molar-refractivity contribution in [2.75, 3.05) is 12.3 Å². The summed E-state index contributed by atoms with van der Waals surface area (Å²) in [6, 6.07) is 9.84.